The summed E-state index contributed by atoms with van der Waals surface area (Å²) in [6, 6.07) is 9.13. The third kappa shape index (κ3) is 4.94. The van der Waals surface area contributed by atoms with Gasteiger partial charge in [-0.05, 0) is 55.7 Å². The standard InChI is InChI=1S/C21H25FN6/c1-4-24-21(27-16(3)18-6-5-15(2)19(22)12-18)26-13-17-7-8-25-20(11-17)28-10-9-23-14-28/h5-12,14,16H,4,13H2,1-3H3,(H2,24,26,27). The van der Waals surface area contributed by atoms with Gasteiger partial charge in [0.1, 0.15) is 18.0 Å². The minimum absolute atomic E-state index is 0.0770. The quantitative estimate of drug-likeness (QED) is 0.507. The summed E-state index contributed by atoms with van der Waals surface area (Å²) in [6.45, 7) is 6.99. The van der Waals surface area contributed by atoms with Crippen molar-refractivity contribution in [2.24, 2.45) is 4.99 Å². The first kappa shape index (κ1) is 19.5. The molecule has 2 aromatic heterocycles. The van der Waals surface area contributed by atoms with Gasteiger partial charge in [-0.25, -0.2) is 19.4 Å². The monoisotopic (exact) mass is 380 g/mol. The maximum atomic E-state index is 13.9. The largest absolute Gasteiger partial charge is 0.357 e. The summed E-state index contributed by atoms with van der Waals surface area (Å²) in [5, 5.41) is 6.57. The molecule has 3 rings (SSSR count). The Labute approximate surface area is 164 Å². The fourth-order valence-corrected chi connectivity index (χ4v) is 2.75. The van der Waals surface area contributed by atoms with Crippen molar-refractivity contribution in [1.29, 1.82) is 0 Å². The van der Waals surface area contributed by atoms with Gasteiger partial charge < -0.3 is 10.6 Å². The normalized spacial score (nSPS) is 12.6. The van der Waals surface area contributed by atoms with E-state index in [1.807, 2.05) is 42.8 Å². The number of aliphatic imine (C=N–C) groups is 1. The first-order valence-electron chi connectivity index (χ1n) is 9.31. The van der Waals surface area contributed by atoms with Gasteiger partial charge in [0.15, 0.2) is 5.96 Å². The van der Waals surface area contributed by atoms with E-state index in [0.29, 0.717) is 18.1 Å². The Bertz CT molecular complexity index is 936. The summed E-state index contributed by atoms with van der Waals surface area (Å²) in [5.41, 5.74) is 2.55. The molecule has 0 saturated carbocycles. The van der Waals surface area contributed by atoms with Gasteiger partial charge in [-0.3, -0.25) is 4.57 Å². The average Bonchev–Trinajstić information content (AvgIpc) is 3.23. The highest BCUT2D eigenvalue weighted by Crippen LogP contribution is 2.16. The van der Waals surface area contributed by atoms with Gasteiger partial charge in [-0.15, -0.1) is 0 Å². The highest BCUT2D eigenvalue weighted by molar-refractivity contribution is 5.80. The van der Waals surface area contributed by atoms with Crippen LogP contribution in [-0.2, 0) is 6.54 Å². The van der Waals surface area contributed by atoms with E-state index in [1.165, 1.54) is 0 Å². The SMILES string of the molecule is CCNC(=NCc1ccnc(-n2ccnc2)c1)NC(C)c1ccc(C)c(F)c1. The van der Waals surface area contributed by atoms with Crippen LogP contribution in [0.2, 0.25) is 0 Å². The number of hydrogen-bond acceptors (Lipinski definition) is 3. The topological polar surface area (TPSA) is 67.1 Å². The lowest BCUT2D eigenvalue weighted by atomic mass is 10.1. The van der Waals surface area contributed by atoms with Crippen LogP contribution in [0.25, 0.3) is 5.82 Å². The second-order valence-corrected chi connectivity index (χ2v) is 6.56. The van der Waals surface area contributed by atoms with Crippen molar-refractivity contribution in [3.8, 4) is 5.82 Å². The lowest BCUT2D eigenvalue weighted by Gasteiger charge is -2.18. The number of pyridine rings is 1. The van der Waals surface area contributed by atoms with Crippen LogP contribution in [0.3, 0.4) is 0 Å². The van der Waals surface area contributed by atoms with Gasteiger partial charge in [-0.2, -0.15) is 0 Å². The molecule has 0 aliphatic rings. The third-order valence-corrected chi connectivity index (χ3v) is 4.39. The maximum absolute atomic E-state index is 13.9. The van der Waals surface area contributed by atoms with Crippen molar-refractivity contribution in [2.75, 3.05) is 6.54 Å². The zero-order valence-electron chi connectivity index (χ0n) is 16.4. The minimum atomic E-state index is -0.197. The molecule has 28 heavy (non-hydrogen) atoms. The second kappa shape index (κ2) is 9.12. The zero-order valence-corrected chi connectivity index (χ0v) is 16.4. The summed E-state index contributed by atoms with van der Waals surface area (Å²) in [6.07, 6.45) is 7.04. The molecule has 2 N–H and O–H groups in total. The van der Waals surface area contributed by atoms with Crippen molar-refractivity contribution in [1.82, 2.24) is 25.2 Å². The predicted octanol–water partition coefficient (Wildman–Crippen LogP) is 3.53. The highest BCUT2D eigenvalue weighted by Gasteiger charge is 2.10. The van der Waals surface area contributed by atoms with E-state index in [1.54, 1.807) is 37.8 Å². The second-order valence-electron chi connectivity index (χ2n) is 6.56. The van der Waals surface area contributed by atoms with E-state index in [9.17, 15) is 4.39 Å². The van der Waals surface area contributed by atoms with Crippen molar-refractivity contribution in [2.45, 2.75) is 33.4 Å². The van der Waals surface area contributed by atoms with Crippen LogP contribution < -0.4 is 10.6 Å². The predicted molar refractivity (Wildman–Crippen MR) is 109 cm³/mol. The highest BCUT2D eigenvalue weighted by atomic mass is 19.1. The molecule has 0 amide bonds. The van der Waals surface area contributed by atoms with Crippen molar-refractivity contribution < 1.29 is 4.39 Å². The zero-order chi connectivity index (χ0) is 19.9. The smallest absolute Gasteiger partial charge is 0.192 e. The molecule has 0 aliphatic carbocycles. The van der Waals surface area contributed by atoms with Crippen molar-refractivity contribution >= 4 is 5.96 Å². The fourth-order valence-electron chi connectivity index (χ4n) is 2.75. The lowest BCUT2D eigenvalue weighted by molar-refractivity contribution is 0.607. The molecule has 0 saturated heterocycles. The molecule has 1 atom stereocenters. The van der Waals surface area contributed by atoms with Crippen LogP contribution in [-0.4, -0.2) is 27.0 Å². The van der Waals surface area contributed by atoms with Gasteiger partial charge >= 0.3 is 0 Å². The Morgan fingerprint density at radius 1 is 1.25 bits per heavy atom. The molecule has 7 heteroatoms. The molecular weight excluding hydrogens is 355 g/mol. The number of halogens is 1. The molecule has 0 spiro atoms. The van der Waals surface area contributed by atoms with E-state index >= 15 is 0 Å². The molecule has 0 aliphatic heterocycles. The molecule has 0 radical (unpaired) electrons. The number of guanidine groups is 1. The Hall–Kier alpha value is -3.22. The van der Waals surface area contributed by atoms with E-state index in [-0.39, 0.29) is 11.9 Å². The van der Waals surface area contributed by atoms with Crippen LogP contribution >= 0.6 is 0 Å². The van der Waals surface area contributed by atoms with Gasteiger partial charge in [0, 0.05) is 25.1 Å². The molecule has 146 valence electrons. The van der Waals surface area contributed by atoms with Gasteiger partial charge in [0.2, 0.25) is 0 Å². The lowest BCUT2D eigenvalue weighted by Crippen LogP contribution is -2.38. The van der Waals surface area contributed by atoms with Crippen molar-refractivity contribution in [3.05, 3.63) is 77.8 Å². The van der Waals surface area contributed by atoms with Crippen molar-refractivity contribution in [3.63, 3.8) is 0 Å². The summed E-state index contributed by atoms with van der Waals surface area (Å²) in [4.78, 5) is 13.1. The van der Waals surface area contributed by atoms with Gasteiger partial charge in [-0.1, -0.05) is 12.1 Å². The Morgan fingerprint density at radius 2 is 2.11 bits per heavy atom. The van der Waals surface area contributed by atoms with E-state index < -0.39 is 0 Å². The average molecular weight is 380 g/mol. The molecule has 0 fully saturated rings. The Kier molecular flexibility index (Phi) is 6.37. The number of aryl methyl sites for hydroxylation is 1. The summed E-state index contributed by atoms with van der Waals surface area (Å²) >= 11 is 0. The summed E-state index contributed by atoms with van der Waals surface area (Å²) < 4.78 is 15.7. The number of imidazole rings is 1. The van der Waals surface area contributed by atoms with Crippen LogP contribution in [0, 0.1) is 12.7 Å². The van der Waals surface area contributed by atoms with E-state index in [4.69, 9.17) is 0 Å². The summed E-state index contributed by atoms with van der Waals surface area (Å²) in [7, 11) is 0. The Morgan fingerprint density at radius 3 is 2.82 bits per heavy atom. The number of nitrogens with one attached hydrogen (secondary N) is 2. The molecule has 6 nitrogen and oxygen atoms in total. The van der Waals surface area contributed by atoms with Gasteiger partial charge in [0.05, 0.1) is 12.6 Å². The van der Waals surface area contributed by atoms with Gasteiger partial charge in [0.25, 0.3) is 0 Å². The van der Waals surface area contributed by atoms with Crippen LogP contribution in [0.4, 0.5) is 4.39 Å². The third-order valence-electron chi connectivity index (χ3n) is 4.39. The number of nitrogens with zero attached hydrogens (tertiary/aromatic N) is 4. The molecule has 3 aromatic rings. The Balaban J connectivity index is 1.72. The molecule has 0 bridgehead atoms. The van der Waals surface area contributed by atoms with Crippen LogP contribution in [0.1, 0.15) is 36.6 Å². The number of benzene rings is 1. The molecule has 1 unspecified atom stereocenters. The number of rotatable bonds is 6. The summed E-state index contributed by atoms with van der Waals surface area (Å²) in [5.74, 6) is 1.28. The van der Waals surface area contributed by atoms with E-state index in [0.717, 1.165) is 23.5 Å². The fraction of sp³-hybridized carbons (Fsp3) is 0.286. The first-order valence-corrected chi connectivity index (χ1v) is 9.31. The molecule has 2 heterocycles. The van der Waals surface area contributed by atoms with Crippen LogP contribution in [0.5, 0.6) is 0 Å². The maximum Gasteiger partial charge on any atom is 0.192 e. The number of hydrogen-bond donors (Lipinski definition) is 2. The molecule has 1 aromatic carbocycles. The van der Waals surface area contributed by atoms with E-state index in [2.05, 4.69) is 25.6 Å². The van der Waals surface area contributed by atoms with Crippen LogP contribution in [0.15, 0.2) is 60.2 Å². The minimum Gasteiger partial charge on any atom is -0.357 e. The molecular formula is C21H25FN6. The number of aromatic nitrogens is 3. The first-order chi connectivity index (χ1) is 13.6.